The van der Waals surface area contributed by atoms with Crippen molar-refractivity contribution in [2.24, 2.45) is 5.92 Å². The minimum absolute atomic E-state index is 0.0419. The molecular weight excluding hydrogens is 288 g/mol. The number of carbonyl (C=O) groups is 1. The molecule has 0 aliphatic heterocycles. The highest BCUT2D eigenvalue weighted by molar-refractivity contribution is 5.94. The first kappa shape index (κ1) is 15.3. The van der Waals surface area contributed by atoms with E-state index in [4.69, 9.17) is 4.42 Å². The topological polar surface area (TPSA) is 55.1 Å². The van der Waals surface area contributed by atoms with E-state index in [1.165, 1.54) is 0 Å². The van der Waals surface area contributed by atoms with Crippen molar-refractivity contribution in [1.29, 1.82) is 0 Å². The Morgan fingerprint density at radius 3 is 2.57 bits per heavy atom. The summed E-state index contributed by atoms with van der Waals surface area (Å²) in [6.45, 7) is 4.05. The van der Waals surface area contributed by atoms with Gasteiger partial charge in [0.1, 0.15) is 5.52 Å². The highest BCUT2D eigenvalue weighted by Gasteiger charge is 2.15. The van der Waals surface area contributed by atoms with Crippen molar-refractivity contribution in [2.45, 2.75) is 26.7 Å². The van der Waals surface area contributed by atoms with Crippen LogP contribution in [0.1, 0.15) is 26.7 Å². The molecule has 1 heterocycles. The second kappa shape index (κ2) is 6.65. The lowest BCUT2D eigenvalue weighted by atomic mass is 10.0. The first-order valence-electron chi connectivity index (χ1n) is 7.98. The van der Waals surface area contributed by atoms with E-state index in [-0.39, 0.29) is 11.8 Å². The summed E-state index contributed by atoms with van der Waals surface area (Å²) in [5.74, 6) is 0.682. The van der Waals surface area contributed by atoms with E-state index >= 15 is 0 Å². The van der Waals surface area contributed by atoms with Crippen LogP contribution < -0.4 is 5.32 Å². The standard InChI is InChI=1S/C19H20N2O2/c1-3-13(4-2)18(22)20-15-10-11-16-17(12-15)23-19(21-16)14-8-6-5-7-9-14/h5-13H,3-4H2,1-2H3,(H,20,22). The fraction of sp³-hybridized carbons (Fsp3) is 0.263. The number of hydrogen-bond donors (Lipinski definition) is 1. The lowest BCUT2D eigenvalue weighted by molar-refractivity contribution is -0.120. The number of anilines is 1. The van der Waals surface area contributed by atoms with Gasteiger partial charge in [-0.05, 0) is 37.1 Å². The lowest BCUT2D eigenvalue weighted by Gasteiger charge is -2.12. The molecule has 0 spiro atoms. The summed E-state index contributed by atoms with van der Waals surface area (Å²) in [5, 5.41) is 2.96. The lowest BCUT2D eigenvalue weighted by Crippen LogP contribution is -2.21. The fourth-order valence-electron chi connectivity index (χ4n) is 2.61. The van der Waals surface area contributed by atoms with Crippen LogP contribution in [0.5, 0.6) is 0 Å². The van der Waals surface area contributed by atoms with Crippen LogP contribution in [0.3, 0.4) is 0 Å². The Hall–Kier alpha value is -2.62. The van der Waals surface area contributed by atoms with Gasteiger partial charge in [-0.2, -0.15) is 0 Å². The molecule has 3 rings (SSSR count). The van der Waals surface area contributed by atoms with E-state index in [1.807, 2.05) is 62.4 Å². The maximum absolute atomic E-state index is 12.2. The summed E-state index contributed by atoms with van der Waals surface area (Å²) in [5.41, 5.74) is 3.13. The van der Waals surface area contributed by atoms with Crippen molar-refractivity contribution >= 4 is 22.7 Å². The monoisotopic (exact) mass is 308 g/mol. The summed E-state index contributed by atoms with van der Waals surface area (Å²) in [7, 11) is 0. The average Bonchev–Trinajstić information content (AvgIpc) is 3.00. The molecule has 1 amide bonds. The zero-order valence-corrected chi connectivity index (χ0v) is 13.4. The molecule has 0 fully saturated rings. The van der Waals surface area contributed by atoms with E-state index in [2.05, 4.69) is 10.3 Å². The van der Waals surface area contributed by atoms with Crippen LogP contribution in [0.2, 0.25) is 0 Å². The van der Waals surface area contributed by atoms with Crippen LogP contribution in [0.4, 0.5) is 5.69 Å². The molecule has 0 saturated heterocycles. The molecule has 0 atom stereocenters. The Labute approximate surface area is 135 Å². The third-order valence-electron chi connectivity index (χ3n) is 4.03. The van der Waals surface area contributed by atoms with Crippen LogP contribution in [-0.4, -0.2) is 10.9 Å². The number of nitrogens with one attached hydrogen (secondary N) is 1. The Morgan fingerprint density at radius 1 is 1.13 bits per heavy atom. The van der Waals surface area contributed by atoms with Crippen molar-refractivity contribution in [3.05, 3.63) is 48.5 Å². The molecule has 2 aromatic carbocycles. The number of amides is 1. The Bertz CT molecular complexity index is 805. The summed E-state index contributed by atoms with van der Waals surface area (Å²) >= 11 is 0. The van der Waals surface area contributed by atoms with Gasteiger partial charge in [0.15, 0.2) is 5.58 Å². The van der Waals surface area contributed by atoms with Crippen LogP contribution in [0.25, 0.3) is 22.6 Å². The van der Waals surface area contributed by atoms with E-state index < -0.39 is 0 Å². The minimum atomic E-state index is 0.0419. The molecule has 118 valence electrons. The number of carbonyl (C=O) groups excluding carboxylic acids is 1. The third kappa shape index (κ3) is 3.26. The molecule has 3 aromatic rings. The number of oxazole rings is 1. The first-order valence-corrected chi connectivity index (χ1v) is 7.98. The Morgan fingerprint density at radius 2 is 1.87 bits per heavy atom. The predicted octanol–water partition coefficient (Wildman–Crippen LogP) is 4.87. The molecule has 1 aromatic heterocycles. The highest BCUT2D eigenvalue weighted by Crippen LogP contribution is 2.26. The van der Waals surface area contributed by atoms with Gasteiger partial charge in [0.25, 0.3) is 0 Å². The van der Waals surface area contributed by atoms with Crippen LogP contribution in [0, 0.1) is 5.92 Å². The zero-order valence-electron chi connectivity index (χ0n) is 13.4. The van der Waals surface area contributed by atoms with E-state index in [9.17, 15) is 4.79 Å². The van der Waals surface area contributed by atoms with Crippen molar-refractivity contribution in [2.75, 3.05) is 5.32 Å². The Balaban J connectivity index is 1.86. The molecule has 4 heteroatoms. The first-order chi connectivity index (χ1) is 11.2. The minimum Gasteiger partial charge on any atom is -0.436 e. The maximum atomic E-state index is 12.2. The van der Waals surface area contributed by atoms with E-state index in [1.54, 1.807) is 0 Å². The molecule has 23 heavy (non-hydrogen) atoms. The van der Waals surface area contributed by atoms with Crippen molar-refractivity contribution in [3.63, 3.8) is 0 Å². The van der Waals surface area contributed by atoms with Gasteiger partial charge < -0.3 is 9.73 Å². The Kier molecular flexibility index (Phi) is 4.42. The zero-order chi connectivity index (χ0) is 16.2. The van der Waals surface area contributed by atoms with Gasteiger partial charge in [-0.15, -0.1) is 0 Å². The smallest absolute Gasteiger partial charge is 0.227 e. The van der Waals surface area contributed by atoms with E-state index in [0.717, 1.165) is 29.6 Å². The van der Waals surface area contributed by atoms with Gasteiger partial charge in [0.2, 0.25) is 11.8 Å². The number of benzene rings is 2. The third-order valence-corrected chi connectivity index (χ3v) is 4.03. The van der Waals surface area contributed by atoms with Gasteiger partial charge in [-0.25, -0.2) is 4.98 Å². The van der Waals surface area contributed by atoms with Gasteiger partial charge in [0, 0.05) is 23.2 Å². The second-order valence-electron chi connectivity index (χ2n) is 5.57. The molecule has 1 N–H and O–H groups in total. The quantitative estimate of drug-likeness (QED) is 0.731. The molecule has 0 unspecified atom stereocenters. The fourth-order valence-corrected chi connectivity index (χ4v) is 2.61. The highest BCUT2D eigenvalue weighted by atomic mass is 16.3. The van der Waals surface area contributed by atoms with Crippen LogP contribution in [-0.2, 0) is 4.79 Å². The van der Waals surface area contributed by atoms with Crippen LogP contribution >= 0.6 is 0 Å². The van der Waals surface area contributed by atoms with E-state index in [0.29, 0.717) is 11.5 Å². The summed E-state index contributed by atoms with van der Waals surface area (Å²) < 4.78 is 5.83. The maximum Gasteiger partial charge on any atom is 0.227 e. The largest absolute Gasteiger partial charge is 0.436 e. The molecule has 0 radical (unpaired) electrons. The van der Waals surface area contributed by atoms with Crippen molar-refractivity contribution in [3.8, 4) is 11.5 Å². The van der Waals surface area contributed by atoms with Gasteiger partial charge >= 0.3 is 0 Å². The molecule has 0 saturated carbocycles. The number of nitrogens with zero attached hydrogens (tertiary/aromatic N) is 1. The summed E-state index contributed by atoms with van der Waals surface area (Å²) in [6.07, 6.45) is 1.68. The average molecular weight is 308 g/mol. The molecule has 0 aliphatic rings. The van der Waals surface area contributed by atoms with Crippen LogP contribution in [0.15, 0.2) is 52.9 Å². The van der Waals surface area contributed by atoms with Gasteiger partial charge in [0.05, 0.1) is 0 Å². The number of rotatable bonds is 5. The molecule has 4 nitrogen and oxygen atoms in total. The summed E-state index contributed by atoms with van der Waals surface area (Å²) in [4.78, 5) is 16.7. The van der Waals surface area contributed by atoms with Crippen molar-refractivity contribution in [1.82, 2.24) is 4.98 Å². The number of aromatic nitrogens is 1. The van der Waals surface area contributed by atoms with Crippen molar-refractivity contribution < 1.29 is 9.21 Å². The number of fused-ring (bicyclic) bond motifs is 1. The van der Waals surface area contributed by atoms with Gasteiger partial charge in [-0.1, -0.05) is 32.0 Å². The molecular formula is C19H20N2O2. The predicted molar refractivity (Wildman–Crippen MR) is 92.1 cm³/mol. The van der Waals surface area contributed by atoms with Gasteiger partial charge in [-0.3, -0.25) is 4.79 Å². The molecule has 0 bridgehead atoms. The molecule has 0 aliphatic carbocycles. The number of hydrogen-bond acceptors (Lipinski definition) is 3. The normalized spacial score (nSPS) is 11.1. The second-order valence-corrected chi connectivity index (χ2v) is 5.57. The summed E-state index contributed by atoms with van der Waals surface area (Å²) in [6, 6.07) is 15.3. The SMILES string of the molecule is CCC(CC)C(=O)Nc1ccc2nc(-c3ccccc3)oc2c1.